The number of ketones is 1. The van der Waals surface area contributed by atoms with Crippen molar-refractivity contribution in [2.75, 3.05) is 12.3 Å². The summed E-state index contributed by atoms with van der Waals surface area (Å²) in [6.45, 7) is 1.76. The van der Waals surface area contributed by atoms with E-state index in [2.05, 4.69) is 12.6 Å². The van der Waals surface area contributed by atoms with Crippen molar-refractivity contribution in [1.82, 2.24) is 4.90 Å². The standard InChI is InChI=1S/C10H15NO4S/c1-2-6(5-16)9(13)11-4-7(12)3-8(11)10(14)15/h6,8,16H,2-5H2,1H3,(H,14,15)/t6-,8+/m1/s1. The number of aliphatic carboxylic acids is 1. The van der Waals surface area contributed by atoms with E-state index in [0.29, 0.717) is 12.2 Å². The van der Waals surface area contributed by atoms with Crippen molar-refractivity contribution in [1.29, 1.82) is 0 Å². The molecule has 0 aromatic rings. The molecule has 90 valence electrons. The highest BCUT2D eigenvalue weighted by Crippen LogP contribution is 2.19. The molecule has 0 aromatic heterocycles. The van der Waals surface area contributed by atoms with Gasteiger partial charge in [-0.3, -0.25) is 9.59 Å². The summed E-state index contributed by atoms with van der Waals surface area (Å²) in [5.41, 5.74) is 0. The highest BCUT2D eigenvalue weighted by Gasteiger charge is 2.40. The number of hydrogen-bond donors (Lipinski definition) is 2. The molecule has 0 bridgehead atoms. The van der Waals surface area contributed by atoms with Crippen LogP contribution in [0.3, 0.4) is 0 Å². The van der Waals surface area contributed by atoms with Crippen LogP contribution in [0.25, 0.3) is 0 Å². The molecule has 16 heavy (non-hydrogen) atoms. The molecule has 2 atom stereocenters. The van der Waals surface area contributed by atoms with Gasteiger partial charge in [-0.25, -0.2) is 4.79 Å². The predicted octanol–water partition coefficient (Wildman–Crippen LogP) is 0.197. The Balaban J connectivity index is 2.81. The molecule has 1 saturated heterocycles. The van der Waals surface area contributed by atoms with Crippen LogP contribution < -0.4 is 0 Å². The van der Waals surface area contributed by atoms with Gasteiger partial charge in [0.15, 0.2) is 5.78 Å². The zero-order valence-electron chi connectivity index (χ0n) is 9.05. The fourth-order valence-corrected chi connectivity index (χ4v) is 2.17. The van der Waals surface area contributed by atoms with Gasteiger partial charge in [-0.15, -0.1) is 0 Å². The summed E-state index contributed by atoms with van der Waals surface area (Å²) in [7, 11) is 0. The highest BCUT2D eigenvalue weighted by molar-refractivity contribution is 7.80. The zero-order chi connectivity index (χ0) is 12.3. The summed E-state index contributed by atoms with van der Waals surface area (Å²) in [5, 5.41) is 8.91. The molecule has 1 amide bonds. The number of thiol groups is 1. The Morgan fingerprint density at radius 1 is 1.62 bits per heavy atom. The van der Waals surface area contributed by atoms with Gasteiger partial charge in [0.1, 0.15) is 6.04 Å². The molecule has 0 unspecified atom stereocenters. The fourth-order valence-electron chi connectivity index (χ4n) is 1.76. The topological polar surface area (TPSA) is 74.7 Å². The molecular formula is C10H15NO4S. The highest BCUT2D eigenvalue weighted by atomic mass is 32.1. The van der Waals surface area contributed by atoms with E-state index >= 15 is 0 Å². The van der Waals surface area contributed by atoms with Crippen molar-refractivity contribution in [3.8, 4) is 0 Å². The Kier molecular flexibility index (Phi) is 4.35. The Hall–Kier alpha value is -1.04. The SMILES string of the molecule is CC[C@H](CS)C(=O)N1CC(=O)C[C@H]1C(=O)O. The Labute approximate surface area is 99.2 Å². The summed E-state index contributed by atoms with van der Waals surface area (Å²) >= 11 is 4.05. The summed E-state index contributed by atoms with van der Waals surface area (Å²) in [6.07, 6.45) is 0.517. The smallest absolute Gasteiger partial charge is 0.326 e. The van der Waals surface area contributed by atoms with Crippen LogP contribution in [0.2, 0.25) is 0 Å². The Morgan fingerprint density at radius 2 is 2.25 bits per heavy atom. The van der Waals surface area contributed by atoms with Crippen LogP contribution in [0, 0.1) is 5.92 Å². The van der Waals surface area contributed by atoms with Crippen molar-refractivity contribution >= 4 is 30.3 Å². The number of rotatable bonds is 4. The van der Waals surface area contributed by atoms with Gasteiger partial charge < -0.3 is 10.0 Å². The number of Topliss-reactive ketones (excluding diaryl/α,β-unsaturated/α-hetero) is 1. The van der Waals surface area contributed by atoms with E-state index < -0.39 is 12.0 Å². The zero-order valence-corrected chi connectivity index (χ0v) is 9.94. The van der Waals surface area contributed by atoms with E-state index in [9.17, 15) is 14.4 Å². The average Bonchev–Trinajstić information content (AvgIpc) is 2.62. The van der Waals surface area contributed by atoms with Crippen LogP contribution in [0.15, 0.2) is 0 Å². The molecule has 1 aliphatic heterocycles. The molecule has 0 aromatic carbocycles. The minimum Gasteiger partial charge on any atom is -0.480 e. The van der Waals surface area contributed by atoms with E-state index in [1.165, 1.54) is 0 Å². The quantitative estimate of drug-likeness (QED) is 0.694. The first kappa shape index (κ1) is 13.0. The summed E-state index contributed by atoms with van der Waals surface area (Å²) in [5.74, 6) is -1.54. The van der Waals surface area contributed by atoms with Gasteiger partial charge in [-0.2, -0.15) is 12.6 Å². The maximum Gasteiger partial charge on any atom is 0.326 e. The second-order valence-electron chi connectivity index (χ2n) is 3.85. The minimum atomic E-state index is -1.12. The largest absolute Gasteiger partial charge is 0.480 e. The molecule has 0 spiro atoms. The molecule has 1 fully saturated rings. The maximum atomic E-state index is 11.9. The van der Waals surface area contributed by atoms with Crippen LogP contribution in [0.4, 0.5) is 0 Å². The van der Waals surface area contributed by atoms with Crippen molar-refractivity contribution in [3.05, 3.63) is 0 Å². The third kappa shape index (κ3) is 2.55. The first-order valence-corrected chi connectivity index (χ1v) is 5.80. The average molecular weight is 245 g/mol. The summed E-state index contributed by atoms with van der Waals surface area (Å²) in [4.78, 5) is 35.2. The fraction of sp³-hybridized carbons (Fsp3) is 0.700. The maximum absolute atomic E-state index is 11.9. The molecule has 1 aliphatic rings. The van der Waals surface area contributed by atoms with Crippen molar-refractivity contribution < 1.29 is 19.5 Å². The van der Waals surface area contributed by atoms with E-state index in [1.54, 1.807) is 0 Å². The van der Waals surface area contributed by atoms with E-state index in [4.69, 9.17) is 5.11 Å². The summed E-state index contributed by atoms with van der Waals surface area (Å²) < 4.78 is 0. The number of carboxylic acids is 1. The number of amides is 1. The molecule has 0 saturated carbocycles. The molecule has 1 rings (SSSR count). The van der Waals surface area contributed by atoms with Gasteiger partial charge >= 0.3 is 5.97 Å². The lowest BCUT2D eigenvalue weighted by Crippen LogP contribution is -2.44. The van der Waals surface area contributed by atoms with Crippen LogP contribution in [0.1, 0.15) is 19.8 Å². The minimum absolute atomic E-state index is 0.0793. The lowest BCUT2D eigenvalue weighted by molar-refractivity contribution is -0.149. The first-order chi connectivity index (χ1) is 7.51. The normalized spacial score (nSPS) is 22.2. The second-order valence-corrected chi connectivity index (χ2v) is 4.22. The number of nitrogens with zero attached hydrogens (tertiary/aromatic N) is 1. The predicted molar refractivity (Wildman–Crippen MR) is 60.4 cm³/mol. The van der Waals surface area contributed by atoms with Crippen LogP contribution >= 0.6 is 12.6 Å². The van der Waals surface area contributed by atoms with Crippen molar-refractivity contribution in [2.45, 2.75) is 25.8 Å². The van der Waals surface area contributed by atoms with Crippen molar-refractivity contribution in [3.63, 3.8) is 0 Å². The Bertz CT molecular complexity index is 314. The van der Waals surface area contributed by atoms with Crippen LogP contribution in [-0.4, -0.2) is 46.0 Å². The Morgan fingerprint density at radius 3 is 2.69 bits per heavy atom. The van der Waals surface area contributed by atoms with Crippen LogP contribution in [-0.2, 0) is 14.4 Å². The van der Waals surface area contributed by atoms with E-state index in [1.807, 2.05) is 6.92 Å². The monoisotopic (exact) mass is 245 g/mol. The summed E-state index contributed by atoms with van der Waals surface area (Å²) in [6, 6.07) is -0.992. The van der Waals surface area contributed by atoms with Gasteiger partial charge in [0.2, 0.25) is 5.91 Å². The lowest BCUT2D eigenvalue weighted by atomic mass is 10.1. The van der Waals surface area contributed by atoms with Crippen LogP contribution in [0.5, 0.6) is 0 Å². The van der Waals surface area contributed by atoms with Gasteiger partial charge in [-0.1, -0.05) is 6.92 Å². The van der Waals surface area contributed by atoms with Gasteiger partial charge in [0, 0.05) is 18.1 Å². The molecule has 1 N–H and O–H groups in total. The number of carbonyl (C=O) groups is 3. The van der Waals surface area contributed by atoms with Gasteiger partial charge in [0.05, 0.1) is 6.54 Å². The number of hydrogen-bond acceptors (Lipinski definition) is 4. The first-order valence-electron chi connectivity index (χ1n) is 5.17. The lowest BCUT2D eigenvalue weighted by Gasteiger charge is -2.24. The molecular weight excluding hydrogens is 230 g/mol. The van der Waals surface area contributed by atoms with Gasteiger partial charge in [0.25, 0.3) is 0 Å². The third-order valence-electron chi connectivity index (χ3n) is 2.77. The van der Waals surface area contributed by atoms with Crippen molar-refractivity contribution in [2.24, 2.45) is 5.92 Å². The van der Waals surface area contributed by atoms with E-state index in [-0.39, 0.29) is 30.6 Å². The number of carboxylic acid groups (broad SMARTS) is 1. The number of carbonyl (C=O) groups excluding carboxylic acids is 2. The molecule has 5 nitrogen and oxygen atoms in total. The molecule has 1 heterocycles. The van der Waals surface area contributed by atoms with Gasteiger partial charge in [-0.05, 0) is 6.42 Å². The second kappa shape index (κ2) is 5.34. The van der Waals surface area contributed by atoms with E-state index in [0.717, 1.165) is 4.90 Å². The third-order valence-corrected chi connectivity index (χ3v) is 3.22. The molecule has 0 aliphatic carbocycles. The number of likely N-dealkylation sites (tertiary alicyclic amines) is 1. The molecule has 0 radical (unpaired) electrons. The molecule has 6 heteroatoms.